The Hall–Kier alpha value is -9.22. The van der Waals surface area contributed by atoms with E-state index in [9.17, 15) is 10.5 Å². The summed E-state index contributed by atoms with van der Waals surface area (Å²) >= 11 is 0. The van der Waals surface area contributed by atoms with Crippen molar-refractivity contribution in [2.45, 2.75) is 55.4 Å². The van der Waals surface area contributed by atoms with Crippen LogP contribution in [0, 0.1) is 78.1 Å². The van der Waals surface area contributed by atoms with Crippen LogP contribution in [0.2, 0.25) is 0 Å². The highest BCUT2D eigenvalue weighted by molar-refractivity contribution is 6.14. The summed E-state index contributed by atoms with van der Waals surface area (Å²) in [5.74, 6) is 0. The van der Waals surface area contributed by atoms with Crippen molar-refractivity contribution < 1.29 is 0 Å². The van der Waals surface area contributed by atoms with Gasteiger partial charge in [0.1, 0.15) is 6.07 Å². The molecule has 0 aliphatic carbocycles. The first-order valence-electron chi connectivity index (χ1n) is 25.4. The molecule has 0 unspecified atom stereocenters. The lowest BCUT2D eigenvalue weighted by Crippen LogP contribution is -2.04. The second-order valence-electron chi connectivity index (χ2n) is 20.8. The van der Waals surface area contributed by atoms with E-state index in [1.165, 1.54) is 66.8 Å². The maximum Gasteiger partial charge on any atom is 0.101 e. The summed E-state index contributed by atoms with van der Waals surface area (Å²) in [6, 6.07) is 71.3. The van der Waals surface area contributed by atoms with Crippen LogP contribution in [0.3, 0.4) is 0 Å². The molecule has 0 aliphatic heterocycles. The van der Waals surface area contributed by atoms with Crippen LogP contribution in [0.5, 0.6) is 0 Å². The number of rotatable bonds is 7. The molecule has 2 heterocycles. The molecule has 4 nitrogen and oxygen atoms in total. The quantitative estimate of drug-likeness (QED) is 0.160. The third-order valence-electron chi connectivity index (χ3n) is 14.8. The SMILES string of the molecule is Cc1cc(C)cc(-c2ccc3c(c2)c2cc(-c4cc(C)cc(C)c4)ccc2n3-c2cc(-c3cccc(C#N)c3)c(-n3c4ccc(-c5cc(C)cc(C)c5)cc4c4cc(-c5cc(C)cc(C)c5)ccc43)cc2C#N)c1. The van der Waals surface area contributed by atoms with Gasteiger partial charge in [-0.15, -0.1) is 0 Å². The maximum atomic E-state index is 11.5. The lowest BCUT2D eigenvalue weighted by molar-refractivity contribution is 1.14. The predicted molar refractivity (Wildman–Crippen MR) is 310 cm³/mol. The van der Waals surface area contributed by atoms with E-state index < -0.39 is 0 Å². The lowest BCUT2D eigenvalue weighted by atomic mass is 9.97. The number of fused-ring (bicyclic) bond motifs is 6. The van der Waals surface area contributed by atoms with Gasteiger partial charge in [0.15, 0.2) is 0 Å². The molecule has 354 valence electrons. The second kappa shape index (κ2) is 17.8. The van der Waals surface area contributed by atoms with Crippen molar-refractivity contribution >= 4 is 43.6 Å². The van der Waals surface area contributed by atoms with Crippen LogP contribution in [0.1, 0.15) is 55.6 Å². The van der Waals surface area contributed by atoms with Gasteiger partial charge in [0, 0.05) is 27.1 Å². The minimum atomic E-state index is 0.532. The van der Waals surface area contributed by atoms with Crippen molar-refractivity contribution in [3.63, 3.8) is 0 Å². The third-order valence-corrected chi connectivity index (χ3v) is 14.8. The van der Waals surface area contributed by atoms with Gasteiger partial charge >= 0.3 is 0 Å². The Kier molecular flexibility index (Phi) is 11.0. The molecule has 2 aromatic heterocycles. The highest BCUT2D eigenvalue weighted by Gasteiger charge is 2.24. The van der Waals surface area contributed by atoms with Gasteiger partial charge in [-0.25, -0.2) is 0 Å². The summed E-state index contributed by atoms with van der Waals surface area (Å²) in [5.41, 5.74) is 27.6. The van der Waals surface area contributed by atoms with Gasteiger partial charge in [-0.1, -0.05) is 154 Å². The lowest BCUT2D eigenvalue weighted by Gasteiger charge is -2.19. The zero-order chi connectivity index (χ0) is 51.1. The first-order valence-corrected chi connectivity index (χ1v) is 25.4. The standard InChI is InChI=1S/C70H54N4/c1-41-20-42(2)25-55(24-41)50-12-16-65-61(33-50)62-34-51(56-26-43(3)21-44(4)27-56)13-17-66(62)73(65)69-38-60(54-11-9-10-49(32-54)39-71)70(37-59(69)40-72)74-67-18-14-52(57-28-45(5)22-46(6)29-57)35-63(67)64-36-53(15-19-68(64)74)58-30-47(7)23-48(8)31-58/h9-38H,1-8H3. The molecule has 0 bridgehead atoms. The van der Waals surface area contributed by atoms with E-state index in [-0.39, 0.29) is 0 Å². The molecular formula is C70H54N4. The van der Waals surface area contributed by atoms with Gasteiger partial charge in [-0.3, -0.25) is 0 Å². The summed E-state index contributed by atoms with van der Waals surface area (Å²) in [7, 11) is 0. The number of aryl methyl sites for hydroxylation is 8. The fraction of sp³-hybridized carbons (Fsp3) is 0.114. The average molecular weight is 951 g/mol. The van der Waals surface area contributed by atoms with Crippen LogP contribution in [0.15, 0.2) is 182 Å². The van der Waals surface area contributed by atoms with Crippen molar-refractivity contribution in [3.8, 4) is 79.1 Å². The highest BCUT2D eigenvalue weighted by atomic mass is 15.0. The molecule has 0 saturated carbocycles. The van der Waals surface area contributed by atoms with Crippen molar-refractivity contribution in [2.75, 3.05) is 0 Å². The van der Waals surface area contributed by atoms with E-state index >= 15 is 0 Å². The molecule has 74 heavy (non-hydrogen) atoms. The summed E-state index contributed by atoms with van der Waals surface area (Å²) < 4.78 is 4.61. The Labute approximate surface area is 433 Å². The molecule has 12 aromatic rings. The van der Waals surface area contributed by atoms with Gasteiger partial charge in [0.25, 0.3) is 0 Å². The average Bonchev–Trinajstić information content (AvgIpc) is 3.88. The van der Waals surface area contributed by atoms with E-state index in [2.05, 4.69) is 240 Å². The molecule has 0 aliphatic rings. The van der Waals surface area contributed by atoms with Crippen LogP contribution in [0.4, 0.5) is 0 Å². The summed E-state index contributed by atoms with van der Waals surface area (Å²) in [6.45, 7) is 17.2. The zero-order valence-corrected chi connectivity index (χ0v) is 43.1. The van der Waals surface area contributed by atoms with Crippen LogP contribution >= 0.6 is 0 Å². The molecule has 0 fully saturated rings. The Morgan fingerprint density at radius 3 is 0.946 bits per heavy atom. The van der Waals surface area contributed by atoms with Gasteiger partial charge < -0.3 is 9.13 Å². The number of hydrogen-bond acceptors (Lipinski definition) is 2. The highest BCUT2D eigenvalue weighted by Crippen LogP contribution is 2.44. The van der Waals surface area contributed by atoms with Gasteiger partial charge in [0.05, 0.1) is 50.6 Å². The number of nitrogens with zero attached hydrogens (tertiary/aromatic N) is 4. The molecule has 0 radical (unpaired) electrons. The molecule has 0 saturated heterocycles. The van der Waals surface area contributed by atoms with E-state index in [0.29, 0.717) is 11.1 Å². The molecular weight excluding hydrogens is 897 g/mol. The number of nitriles is 2. The van der Waals surface area contributed by atoms with E-state index in [1.54, 1.807) is 0 Å². The smallest absolute Gasteiger partial charge is 0.101 e. The summed E-state index contributed by atoms with van der Waals surface area (Å²) in [6.07, 6.45) is 0. The molecule has 12 rings (SSSR count). The summed E-state index contributed by atoms with van der Waals surface area (Å²) in [5, 5.41) is 26.3. The molecule has 0 spiro atoms. The van der Waals surface area contributed by atoms with Gasteiger partial charge in [-0.2, -0.15) is 10.5 Å². The second-order valence-corrected chi connectivity index (χ2v) is 20.8. The van der Waals surface area contributed by atoms with Crippen LogP contribution in [-0.4, -0.2) is 9.13 Å². The number of aromatic nitrogens is 2. The number of benzene rings is 10. The van der Waals surface area contributed by atoms with Crippen LogP contribution < -0.4 is 0 Å². The minimum Gasteiger partial charge on any atom is -0.309 e. The third kappa shape index (κ3) is 8.03. The van der Waals surface area contributed by atoms with Crippen LogP contribution in [-0.2, 0) is 0 Å². The largest absolute Gasteiger partial charge is 0.309 e. The molecule has 0 amide bonds. The fourth-order valence-electron chi connectivity index (χ4n) is 11.9. The monoisotopic (exact) mass is 950 g/mol. The maximum absolute atomic E-state index is 11.5. The topological polar surface area (TPSA) is 57.4 Å². The Morgan fingerprint density at radius 2 is 0.622 bits per heavy atom. The first-order chi connectivity index (χ1) is 35.8. The molecule has 4 heteroatoms. The van der Waals surface area contributed by atoms with Gasteiger partial charge in [0.2, 0.25) is 0 Å². The van der Waals surface area contributed by atoms with Crippen molar-refractivity contribution in [1.82, 2.24) is 9.13 Å². The van der Waals surface area contributed by atoms with Crippen molar-refractivity contribution in [1.29, 1.82) is 10.5 Å². The Balaban J connectivity index is 1.16. The fourth-order valence-corrected chi connectivity index (χ4v) is 11.9. The zero-order valence-electron chi connectivity index (χ0n) is 43.1. The van der Waals surface area contributed by atoms with E-state index in [1.807, 2.05) is 18.2 Å². The molecule has 10 aromatic carbocycles. The van der Waals surface area contributed by atoms with Crippen molar-refractivity contribution in [2.24, 2.45) is 0 Å². The van der Waals surface area contributed by atoms with E-state index in [0.717, 1.165) is 88.4 Å². The summed E-state index contributed by atoms with van der Waals surface area (Å²) in [4.78, 5) is 0. The molecule has 0 N–H and O–H groups in total. The number of hydrogen-bond donors (Lipinski definition) is 0. The Morgan fingerprint density at radius 1 is 0.284 bits per heavy atom. The van der Waals surface area contributed by atoms with Crippen LogP contribution in [0.25, 0.3) is 111 Å². The first kappa shape index (κ1) is 45.9. The normalized spacial score (nSPS) is 11.5. The van der Waals surface area contributed by atoms with Crippen molar-refractivity contribution in [3.05, 3.63) is 238 Å². The predicted octanol–water partition coefficient (Wildman–Crippen LogP) is 18.4. The minimum absolute atomic E-state index is 0.532. The Bertz CT molecular complexity index is 4130. The van der Waals surface area contributed by atoms with E-state index in [4.69, 9.17) is 0 Å². The molecule has 0 atom stereocenters. The van der Waals surface area contributed by atoms with Gasteiger partial charge in [-0.05, 0) is 178 Å².